The number of fused-ring (bicyclic) bond motifs is 10. The van der Waals surface area contributed by atoms with Crippen molar-refractivity contribution in [1.29, 1.82) is 0 Å². The van der Waals surface area contributed by atoms with Gasteiger partial charge < -0.3 is 4.98 Å². The first-order chi connectivity index (χ1) is 19.7. The highest BCUT2D eigenvalue weighted by Gasteiger charge is 2.22. The molecule has 6 nitrogen and oxygen atoms in total. The number of H-pyrrole nitrogens is 1. The minimum absolute atomic E-state index is 0.793. The fourth-order valence-electron chi connectivity index (χ4n) is 5.91. The summed E-state index contributed by atoms with van der Waals surface area (Å²) in [4.78, 5) is 25.4. The van der Waals surface area contributed by atoms with E-state index in [4.69, 9.17) is 9.97 Å². The number of hydrogen-bond acceptors (Lipinski definition) is 5. The van der Waals surface area contributed by atoms with Crippen molar-refractivity contribution >= 4 is 39.0 Å². The SMILES string of the molecule is Cc1ncnc(C)c1N1c2cccc(c2)-c2cccc(n2)-c2cccc3c2[nH]c2c(cccc23)-c2cccc1n2. The highest BCUT2D eigenvalue weighted by molar-refractivity contribution is 6.15. The molecule has 0 fully saturated rings. The number of nitrogens with zero attached hydrogens (tertiary/aromatic N) is 5. The Morgan fingerprint density at radius 2 is 1.20 bits per heavy atom. The number of anilines is 3. The maximum atomic E-state index is 5.25. The Labute approximate surface area is 231 Å². The summed E-state index contributed by atoms with van der Waals surface area (Å²) in [5, 5.41) is 2.33. The Morgan fingerprint density at radius 3 is 1.93 bits per heavy atom. The Bertz CT molecular complexity index is 2090. The van der Waals surface area contributed by atoms with Crippen LogP contribution in [0.5, 0.6) is 0 Å². The van der Waals surface area contributed by atoms with Crippen molar-refractivity contribution < 1.29 is 0 Å². The average molecular weight is 517 g/mol. The van der Waals surface area contributed by atoms with E-state index in [1.807, 2.05) is 19.9 Å². The lowest BCUT2D eigenvalue weighted by atomic mass is 10.0. The fourth-order valence-corrected chi connectivity index (χ4v) is 5.91. The van der Waals surface area contributed by atoms with Gasteiger partial charge in [-0.15, -0.1) is 0 Å². The maximum absolute atomic E-state index is 5.25. The van der Waals surface area contributed by atoms with Gasteiger partial charge in [-0.25, -0.2) is 19.9 Å². The Hall–Kier alpha value is -5.36. The maximum Gasteiger partial charge on any atom is 0.138 e. The van der Waals surface area contributed by atoms with Gasteiger partial charge in [0.2, 0.25) is 0 Å². The molecule has 8 rings (SSSR count). The zero-order chi connectivity index (χ0) is 26.8. The smallest absolute Gasteiger partial charge is 0.138 e. The fraction of sp³-hybridized carbons (Fsp3) is 0.0588. The zero-order valence-corrected chi connectivity index (χ0v) is 22.1. The molecule has 0 aliphatic carbocycles. The summed E-state index contributed by atoms with van der Waals surface area (Å²) < 4.78 is 0. The molecule has 0 unspecified atom stereocenters. The molecule has 5 heterocycles. The first-order valence-corrected chi connectivity index (χ1v) is 13.3. The Balaban J connectivity index is 1.52. The molecule has 40 heavy (non-hydrogen) atoms. The molecule has 190 valence electrons. The summed E-state index contributed by atoms with van der Waals surface area (Å²) in [5.74, 6) is 0.793. The largest absolute Gasteiger partial charge is 0.353 e. The number of benzene rings is 3. The summed E-state index contributed by atoms with van der Waals surface area (Å²) >= 11 is 0. The first-order valence-electron chi connectivity index (χ1n) is 13.3. The second kappa shape index (κ2) is 8.58. The van der Waals surface area contributed by atoms with Gasteiger partial charge >= 0.3 is 0 Å². The molecule has 0 amide bonds. The highest BCUT2D eigenvalue weighted by Crippen LogP contribution is 2.41. The lowest BCUT2D eigenvalue weighted by Crippen LogP contribution is -2.16. The van der Waals surface area contributed by atoms with Crippen LogP contribution < -0.4 is 4.90 Å². The molecule has 0 spiro atoms. The van der Waals surface area contributed by atoms with E-state index in [0.29, 0.717) is 0 Å². The summed E-state index contributed by atoms with van der Waals surface area (Å²) in [5.41, 5.74) is 11.6. The van der Waals surface area contributed by atoms with Crippen LogP contribution in [0.3, 0.4) is 0 Å². The third-order valence-electron chi connectivity index (χ3n) is 7.75. The molecule has 8 bridgehead atoms. The van der Waals surface area contributed by atoms with E-state index in [1.165, 1.54) is 5.39 Å². The second-order valence-electron chi connectivity index (χ2n) is 10.1. The summed E-state index contributed by atoms with van der Waals surface area (Å²) in [6.45, 7) is 4.03. The molecule has 0 saturated heterocycles. The Kier molecular flexibility index (Phi) is 4.85. The predicted octanol–water partition coefficient (Wildman–Crippen LogP) is 8.30. The van der Waals surface area contributed by atoms with E-state index in [1.54, 1.807) is 6.33 Å². The van der Waals surface area contributed by atoms with Crippen LogP contribution in [0.1, 0.15) is 11.4 Å². The topological polar surface area (TPSA) is 70.6 Å². The molecule has 1 N–H and O–H groups in total. The molecule has 0 radical (unpaired) electrons. The molecule has 1 aliphatic rings. The van der Waals surface area contributed by atoms with Gasteiger partial charge in [0.05, 0.1) is 45.2 Å². The molecular weight excluding hydrogens is 492 g/mol. The van der Waals surface area contributed by atoms with Crippen LogP contribution in [0, 0.1) is 13.8 Å². The zero-order valence-electron chi connectivity index (χ0n) is 22.1. The minimum atomic E-state index is 0.793. The number of pyridine rings is 2. The lowest BCUT2D eigenvalue weighted by Gasteiger charge is -2.27. The van der Waals surface area contributed by atoms with Gasteiger partial charge in [-0.1, -0.05) is 60.7 Å². The third kappa shape index (κ3) is 3.36. The van der Waals surface area contributed by atoms with Crippen LogP contribution in [0.4, 0.5) is 17.2 Å². The van der Waals surface area contributed by atoms with Crippen LogP contribution in [0.25, 0.3) is 55.6 Å². The molecular formula is C34H24N6. The van der Waals surface area contributed by atoms with E-state index < -0.39 is 0 Å². The lowest BCUT2D eigenvalue weighted by molar-refractivity contribution is 1.02. The number of aromatic nitrogens is 5. The van der Waals surface area contributed by atoms with Gasteiger partial charge in [0.15, 0.2) is 0 Å². The number of para-hydroxylation sites is 2. The van der Waals surface area contributed by atoms with E-state index >= 15 is 0 Å². The number of nitrogens with one attached hydrogen (secondary N) is 1. The van der Waals surface area contributed by atoms with Crippen LogP contribution >= 0.6 is 0 Å². The molecule has 4 aromatic heterocycles. The number of hydrogen-bond donors (Lipinski definition) is 1. The minimum Gasteiger partial charge on any atom is -0.353 e. The van der Waals surface area contributed by atoms with Gasteiger partial charge in [0.25, 0.3) is 0 Å². The summed E-state index contributed by atoms with van der Waals surface area (Å²) in [6, 6.07) is 33.7. The van der Waals surface area contributed by atoms with Crippen molar-refractivity contribution in [3.63, 3.8) is 0 Å². The van der Waals surface area contributed by atoms with Gasteiger partial charge in [0, 0.05) is 33.2 Å². The van der Waals surface area contributed by atoms with Crippen molar-refractivity contribution in [2.24, 2.45) is 0 Å². The number of aryl methyl sites for hydroxylation is 2. The van der Waals surface area contributed by atoms with Gasteiger partial charge in [-0.05, 0) is 50.2 Å². The molecule has 1 aliphatic heterocycles. The van der Waals surface area contributed by atoms with Crippen molar-refractivity contribution in [3.05, 3.63) is 115 Å². The summed E-state index contributed by atoms with van der Waals surface area (Å²) in [6.07, 6.45) is 1.61. The predicted molar refractivity (Wildman–Crippen MR) is 161 cm³/mol. The first kappa shape index (κ1) is 22.6. The molecule has 0 saturated carbocycles. The van der Waals surface area contributed by atoms with E-state index in [2.05, 4.69) is 111 Å². The molecule has 0 atom stereocenters. The number of rotatable bonds is 1. The molecule has 6 heteroatoms. The third-order valence-corrected chi connectivity index (χ3v) is 7.75. The van der Waals surface area contributed by atoms with Crippen molar-refractivity contribution in [1.82, 2.24) is 24.9 Å². The Morgan fingerprint density at radius 1 is 0.600 bits per heavy atom. The van der Waals surface area contributed by atoms with E-state index in [-0.39, 0.29) is 0 Å². The standard InChI is InChI=1S/C34H24N6/c1-20-34(21(2)36-19-35-20)40-23-9-3-8-22(18-23)28-14-6-15-29(37-28)26-12-4-10-24-25-11-5-13-27(33(25)39-32(24)26)30-16-7-17-31(40)38-30/h3-19,39H,1-2H3. The van der Waals surface area contributed by atoms with E-state index in [0.717, 1.165) is 78.8 Å². The van der Waals surface area contributed by atoms with Crippen LogP contribution in [-0.2, 0) is 0 Å². The van der Waals surface area contributed by atoms with Crippen molar-refractivity contribution in [3.8, 4) is 33.8 Å². The van der Waals surface area contributed by atoms with Crippen LogP contribution in [0.2, 0.25) is 0 Å². The number of aromatic amines is 1. The van der Waals surface area contributed by atoms with Crippen molar-refractivity contribution in [2.75, 3.05) is 4.90 Å². The molecule has 3 aromatic carbocycles. The van der Waals surface area contributed by atoms with E-state index in [9.17, 15) is 0 Å². The van der Waals surface area contributed by atoms with Gasteiger partial charge in [0.1, 0.15) is 12.1 Å². The normalized spacial score (nSPS) is 12.2. The van der Waals surface area contributed by atoms with Gasteiger partial charge in [-0.3, -0.25) is 4.90 Å². The average Bonchev–Trinajstić information content (AvgIpc) is 3.38. The quantitative estimate of drug-likeness (QED) is 0.238. The monoisotopic (exact) mass is 516 g/mol. The summed E-state index contributed by atoms with van der Waals surface area (Å²) in [7, 11) is 0. The molecule has 7 aromatic rings. The van der Waals surface area contributed by atoms with Crippen molar-refractivity contribution in [2.45, 2.75) is 13.8 Å². The second-order valence-corrected chi connectivity index (χ2v) is 10.1. The highest BCUT2D eigenvalue weighted by atomic mass is 15.2. The van der Waals surface area contributed by atoms with Gasteiger partial charge in [-0.2, -0.15) is 0 Å². The van der Waals surface area contributed by atoms with Crippen LogP contribution in [0.15, 0.2) is 103 Å². The van der Waals surface area contributed by atoms with Crippen LogP contribution in [-0.4, -0.2) is 24.9 Å².